The summed E-state index contributed by atoms with van der Waals surface area (Å²) in [5, 5.41) is 2.84. The summed E-state index contributed by atoms with van der Waals surface area (Å²) in [6.07, 6.45) is -2.64. The minimum absolute atomic E-state index is 0.157. The Morgan fingerprint density at radius 1 is 1.40 bits per heavy atom. The van der Waals surface area contributed by atoms with Crippen LogP contribution in [0.25, 0.3) is 0 Å². The molecule has 2 unspecified atom stereocenters. The zero-order valence-electron chi connectivity index (χ0n) is 6.32. The van der Waals surface area contributed by atoms with Crippen molar-refractivity contribution >= 4 is 0 Å². The van der Waals surface area contributed by atoms with Gasteiger partial charge in [0.25, 0.3) is 0 Å². The Bertz CT molecular complexity index is 125. The van der Waals surface area contributed by atoms with Crippen molar-refractivity contribution in [1.29, 1.82) is 0 Å². The molecule has 0 amide bonds. The summed E-state index contributed by atoms with van der Waals surface area (Å²) in [5.41, 5.74) is -0.544. The lowest BCUT2D eigenvalue weighted by atomic mass is 9.82. The molecule has 1 nitrogen and oxygen atoms in total. The lowest BCUT2D eigenvalue weighted by molar-refractivity contribution is 0.0284. The molecule has 1 fully saturated rings. The van der Waals surface area contributed by atoms with Crippen LogP contribution in [0.15, 0.2) is 0 Å². The summed E-state index contributed by atoms with van der Waals surface area (Å²) < 4.78 is 25.6. The van der Waals surface area contributed by atoms with Gasteiger partial charge in [-0.25, -0.2) is 8.78 Å². The van der Waals surface area contributed by atoms with Crippen LogP contribution in [0.5, 0.6) is 0 Å². The SMILES string of the molecule is CC1(C)CNCC(F)C1F. The fourth-order valence-corrected chi connectivity index (χ4v) is 1.22. The standard InChI is InChI=1S/C7H13F2N/c1-7(2)4-10-3-5(8)6(7)9/h5-6,10H,3-4H2,1-2H3. The molecule has 0 spiro atoms. The Hall–Kier alpha value is -0.180. The summed E-state index contributed by atoms with van der Waals surface area (Å²) in [5.74, 6) is 0. The van der Waals surface area contributed by atoms with Gasteiger partial charge >= 0.3 is 0 Å². The maximum Gasteiger partial charge on any atom is 0.144 e. The van der Waals surface area contributed by atoms with Crippen LogP contribution < -0.4 is 5.32 Å². The molecule has 0 aromatic carbocycles. The Balaban J connectivity index is 2.60. The van der Waals surface area contributed by atoms with Crippen molar-refractivity contribution in [3.05, 3.63) is 0 Å². The highest BCUT2D eigenvalue weighted by Gasteiger charge is 2.39. The molecule has 0 aromatic rings. The summed E-state index contributed by atoms with van der Waals surface area (Å²) in [4.78, 5) is 0. The van der Waals surface area contributed by atoms with Gasteiger partial charge in [-0.3, -0.25) is 0 Å². The van der Waals surface area contributed by atoms with E-state index in [2.05, 4.69) is 5.32 Å². The normalized spacial score (nSPS) is 39.6. The fourth-order valence-electron chi connectivity index (χ4n) is 1.22. The monoisotopic (exact) mass is 149 g/mol. The molecule has 2 atom stereocenters. The third kappa shape index (κ3) is 1.29. The number of alkyl halides is 2. The van der Waals surface area contributed by atoms with Gasteiger partial charge in [-0.05, 0) is 0 Å². The molecule has 1 aliphatic rings. The molecular weight excluding hydrogens is 136 g/mol. The Labute approximate surface area is 59.8 Å². The summed E-state index contributed by atoms with van der Waals surface area (Å²) in [6.45, 7) is 4.19. The van der Waals surface area contributed by atoms with Gasteiger partial charge in [0.1, 0.15) is 12.3 Å². The van der Waals surface area contributed by atoms with Crippen LogP contribution in [-0.2, 0) is 0 Å². The van der Waals surface area contributed by atoms with E-state index in [0.29, 0.717) is 6.54 Å². The van der Waals surface area contributed by atoms with Gasteiger partial charge in [-0.15, -0.1) is 0 Å². The van der Waals surface area contributed by atoms with Crippen molar-refractivity contribution in [2.75, 3.05) is 13.1 Å². The van der Waals surface area contributed by atoms with Crippen molar-refractivity contribution in [2.24, 2.45) is 5.41 Å². The van der Waals surface area contributed by atoms with E-state index in [1.807, 2.05) is 0 Å². The van der Waals surface area contributed by atoms with Crippen LogP contribution in [0.4, 0.5) is 8.78 Å². The topological polar surface area (TPSA) is 12.0 Å². The number of halogens is 2. The first kappa shape index (κ1) is 7.92. The van der Waals surface area contributed by atoms with E-state index in [4.69, 9.17) is 0 Å². The summed E-state index contributed by atoms with van der Waals surface area (Å²) >= 11 is 0. The quantitative estimate of drug-likeness (QED) is 0.547. The van der Waals surface area contributed by atoms with Gasteiger partial charge in [0.2, 0.25) is 0 Å². The van der Waals surface area contributed by atoms with Crippen LogP contribution in [0.2, 0.25) is 0 Å². The highest BCUT2D eigenvalue weighted by molar-refractivity contribution is 4.91. The number of nitrogens with one attached hydrogen (secondary N) is 1. The molecule has 10 heavy (non-hydrogen) atoms. The molecular formula is C7H13F2N. The second kappa shape index (κ2) is 2.46. The van der Waals surface area contributed by atoms with Crippen LogP contribution in [-0.4, -0.2) is 25.4 Å². The van der Waals surface area contributed by atoms with E-state index in [0.717, 1.165) is 0 Å². The zero-order valence-corrected chi connectivity index (χ0v) is 6.32. The number of hydrogen-bond acceptors (Lipinski definition) is 1. The Kier molecular flexibility index (Phi) is 1.95. The van der Waals surface area contributed by atoms with E-state index in [1.165, 1.54) is 0 Å². The van der Waals surface area contributed by atoms with Gasteiger partial charge in [-0.2, -0.15) is 0 Å². The predicted octanol–water partition coefficient (Wildman–Crippen LogP) is 1.29. The largest absolute Gasteiger partial charge is 0.313 e. The van der Waals surface area contributed by atoms with Crippen molar-refractivity contribution in [1.82, 2.24) is 5.32 Å². The third-order valence-electron chi connectivity index (χ3n) is 1.98. The van der Waals surface area contributed by atoms with E-state index >= 15 is 0 Å². The lowest BCUT2D eigenvalue weighted by Gasteiger charge is -2.35. The molecule has 0 saturated carbocycles. The fraction of sp³-hybridized carbons (Fsp3) is 1.00. The van der Waals surface area contributed by atoms with Gasteiger partial charge < -0.3 is 5.32 Å². The van der Waals surface area contributed by atoms with Crippen molar-refractivity contribution < 1.29 is 8.78 Å². The zero-order chi connectivity index (χ0) is 7.78. The Morgan fingerprint density at radius 3 is 2.40 bits per heavy atom. The average Bonchev–Trinajstić information content (AvgIpc) is 1.83. The van der Waals surface area contributed by atoms with Crippen LogP contribution in [0.3, 0.4) is 0 Å². The molecule has 1 saturated heterocycles. The van der Waals surface area contributed by atoms with E-state index in [9.17, 15) is 8.78 Å². The van der Waals surface area contributed by atoms with Crippen molar-refractivity contribution in [2.45, 2.75) is 26.2 Å². The first-order valence-corrected chi connectivity index (χ1v) is 3.53. The molecule has 1 aliphatic heterocycles. The van der Waals surface area contributed by atoms with Crippen LogP contribution in [0.1, 0.15) is 13.8 Å². The smallest absolute Gasteiger partial charge is 0.144 e. The number of hydrogen-bond donors (Lipinski definition) is 1. The van der Waals surface area contributed by atoms with Gasteiger partial charge in [0.15, 0.2) is 0 Å². The highest BCUT2D eigenvalue weighted by atomic mass is 19.2. The molecule has 0 radical (unpaired) electrons. The van der Waals surface area contributed by atoms with Crippen molar-refractivity contribution in [3.8, 4) is 0 Å². The summed E-state index contributed by atoms with van der Waals surface area (Å²) in [7, 11) is 0. The molecule has 60 valence electrons. The predicted molar refractivity (Wildman–Crippen MR) is 36.4 cm³/mol. The van der Waals surface area contributed by atoms with Gasteiger partial charge in [0, 0.05) is 18.5 Å². The molecule has 1 N–H and O–H groups in total. The highest BCUT2D eigenvalue weighted by Crippen LogP contribution is 2.29. The first-order valence-electron chi connectivity index (χ1n) is 3.53. The molecule has 0 aliphatic carbocycles. The summed E-state index contributed by atoms with van der Waals surface area (Å²) in [6, 6.07) is 0. The second-order valence-electron chi connectivity index (χ2n) is 3.54. The molecule has 1 heterocycles. The average molecular weight is 149 g/mol. The molecule has 0 bridgehead atoms. The minimum Gasteiger partial charge on any atom is -0.313 e. The van der Waals surface area contributed by atoms with E-state index in [-0.39, 0.29) is 6.54 Å². The van der Waals surface area contributed by atoms with E-state index in [1.54, 1.807) is 13.8 Å². The maximum atomic E-state index is 12.9. The van der Waals surface area contributed by atoms with Crippen LogP contribution >= 0.6 is 0 Å². The van der Waals surface area contributed by atoms with Crippen molar-refractivity contribution in [3.63, 3.8) is 0 Å². The first-order chi connectivity index (χ1) is 4.54. The molecule has 1 rings (SSSR count). The van der Waals surface area contributed by atoms with E-state index < -0.39 is 17.8 Å². The van der Waals surface area contributed by atoms with Gasteiger partial charge in [-0.1, -0.05) is 13.8 Å². The number of piperidine rings is 1. The van der Waals surface area contributed by atoms with Gasteiger partial charge in [0.05, 0.1) is 0 Å². The Morgan fingerprint density at radius 2 is 2.00 bits per heavy atom. The maximum absolute atomic E-state index is 12.9. The molecule has 0 aromatic heterocycles. The lowest BCUT2D eigenvalue weighted by Crippen LogP contribution is -2.51. The third-order valence-corrected chi connectivity index (χ3v) is 1.98. The molecule has 3 heteroatoms. The van der Waals surface area contributed by atoms with Crippen LogP contribution in [0, 0.1) is 5.41 Å². The number of rotatable bonds is 0. The second-order valence-corrected chi connectivity index (χ2v) is 3.54. The minimum atomic E-state index is -1.33.